The molecule has 0 amide bonds. The Bertz CT molecular complexity index is 503. The fraction of sp³-hybridized carbons (Fsp3) is 0.417. The number of aromatic nitrogens is 1. The molecule has 16 heavy (non-hydrogen) atoms. The zero-order valence-corrected chi connectivity index (χ0v) is 8.87. The van der Waals surface area contributed by atoms with E-state index in [0.717, 1.165) is 36.9 Å². The van der Waals surface area contributed by atoms with Crippen molar-refractivity contribution in [3.05, 3.63) is 29.7 Å². The summed E-state index contributed by atoms with van der Waals surface area (Å²) in [7, 11) is 0. The van der Waals surface area contributed by atoms with Crippen LogP contribution in [0.2, 0.25) is 0 Å². The third-order valence-electron chi connectivity index (χ3n) is 3.25. The van der Waals surface area contributed by atoms with E-state index >= 15 is 0 Å². The predicted molar refractivity (Wildman–Crippen MR) is 58.8 cm³/mol. The molecule has 2 aromatic rings. The van der Waals surface area contributed by atoms with Crippen LogP contribution in [0, 0.1) is 5.82 Å². The van der Waals surface area contributed by atoms with Gasteiger partial charge in [-0.05, 0) is 43.5 Å². The quantitative estimate of drug-likeness (QED) is 0.802. The van der Waals surface area contributed by atoms with Crippen LogP contribution in [0.25, 0.3) is 11.0 Å². The molecule has 2 heterocycles. The molecule has 1 N–H and O–H groups in total. The van der Waals surface area contributed by atoms with Crippen LogP contribution in [0.1, 0.15) is 24.3 Å². The van der Waals surface area contributed by atoms with Gasteiger partial charge in [0.15, 0.2) is 5.58 Å². The zero-order chi connectivity index (χ0) is 11.0. The fourth-order valence-corrected chi connectivity index (χ4v) is 2.43. The van der Waals surface area contributed by atoms with Crippen molar-refractivity contribution in [2.45, 2.75) is 18.8 Å². The van der Waals surface area contributed by atoms with Gasteiger partial charge in [-0.2, -0.15) is 0 Å². The Kier molecular flexibility index (Phi) is 2.36. The molecule has 4 heteroatoms. The molecule has 1 aromatic heterocycles. The van der Waals surface area contributed by atoms with Crippen molar-refractivity contribution in [1.82, 2.24) is 10.5 Å². The largest absolute Gasteiger partial charge is 0.356 e. The maximum atomic E-state index is 13.4. The van der Waals surface area contributed by atoms with Crippen LogP contribution in [0.4, 0.5) is 4.39 Å². The molecule has 1 saturated heterocycles. The second-order valence-electron chi connectivity index (χ2n) is 4.26. The lowest BCUT2D eigenvalue weighted by Gasteiger charge is -2.23. The SMILES string of the molecule is Fc1cc(C2CCNCC2)c2cnoc2c1. The second kappa shape index (κ2) is 3.87. The second-order valence-corrected chi connectivity index (χ2v) is 4.26. The smallest absolute Gasteiger partial charge is 0.170 e. The minimum Gasteiger partial charge on any atom is -0.356 e. The maximum absolute atomic E-state index is 13.4. The molecule has 0 saturated carbocycles. The van der Waals surface area contributed by atoms with Crippen LogP contribution < -0.4 is 5.32 Å². The number of hydrogen-bond donors (Lipinski definition) is 1. The molecule has 1 fully saturated rings. The van der Waals surface area contributed by atoms with Gasteiger partial charge in [0.25, 0.3) is 0 Å². The Morgan fingerprint density at radius 3 is 2.94 bits per heavy atom. The van der Waals surface area contributed by atoms with Crippen molar-refractivity contribution in [2.24, 2.45) is 0 Å². The maximum Gasteiger partial charge on any atom is 0.170 e. The minimum atomic E-state index is -0.238. The fourth-order valence-electron chi connectivity index (χ4n) is 2.43. The number of piperidine rings is 1. The third kappa shape index (κ3) is 1.59. The molecular formula is C12H13FN2O. The summed E-state index contributed by atoms with van der Waals surface area (Å²) in [5.41, 5.74) is 1.59. The van der Waals surface area contributed by atoms with Crippen LogP contribution >= 0.6 is 0 Å². The first-order valence-corrected chi connectivity index (χ1v) is 5.59. The number of nitrogens with zero attached hydrogens (tertiary/aromatic N) is 1. The first kappa shape index (κ1) is 9.78. The lowest BCUT2D eigenvalue weighted by molar-refractivity contribution is 0.452. The Morgan fingerprint density at radius 2 is 2.12 bits per heavy atom. The Hall–Kier alpha value is -1.42. The van der Waals surface area contributed by atoms with Crippen molar-refractivity contribution in [2.75, 3.05) is 13.1 Å². The van der Waals surface area contributed by atoms with E-state index in [2.05, 4.69) is 10.5 Å². The average molecular weight is 220 g/mol. The highest BCUT2D eigenvalue weighted by Gasteiger charge is 2.19. The van der Waals surface area contributed by atoms with E-state index in [4.69, 9.17) is 4.52 Å². The van der Waals surface area contributed by atoms with E-state index < -0.39 is 0 Å². The van der Waals surface area contributed by atoms with Crippen LogP contribution in [0.5, 0.6) is 0 Å². The monoisotopic (exact) mass is 220 g/mol. The molecule has 1 aromatic carbocycles. The van der Waals surface area contributed by atoms with Gasteiger partial charge < -0.3 is 9.84 Å². The van der Waals surface area contributed by atoms with Gasteiger partial charge in [0.05, 0.1) is 6.20 Å². The van der Waals surface area contributed by atoms with Gasteiger partial charge >= 0.3 is 0 Å². The average Bonchev–Trinajstić information content (AvgIpc) is 2.77. The lowest BCUT2D eigenvalue weighted by atomic mass is 9.88. The molecule has 1 aliphatic heterocycles. The number of benzene rings is 1. The summed E-state index contributed by atoms with van der Waals surface area (Å²) < 4.78 is 18.5. The molecule has 0 unspecified atom stereocenters. The summed E-state index contributed by atoms with van der Waals surface area (Å²) in [6, 6.07) is 3.02. The molecule has 0 bridgehead atoms. The predicted octanol–water partition coefficient (Wildman–Crippen LogP) is 2.43. The highest BCUT2D eigenvalue weighted by atomic mass is 19.1. The molecule has 3 nitrogen and oxygen atoms in total. The van der Waals surface area contributed by atoms with Crippen molar-refractivity contribution in [1.29, 1.82) is 0 Å². The Balaban J connectivity index is 2.09. The molecule has 1 aliphatic rings. The lowest BCUT2D eigenvalue weighted by Crippen LogP contribution is -2.26. The highest BCUT2D eigenvalue weighted by Crippen LogP contribution is 2.32. The van der Waals surface area contributed by atoms with Crippen LogP contribution in [0.3, 0.4) is 0 Å². The number of nitrogens with one attached hydrogen (secondary N) is 1. The summed E-state index contributed by atoms with van der Waals surface area (Å²) in [4.78, 5) is 0. The van der Waals surface area contributed by atoms with E-state index in [9.17, 15) is 4.39 Å². The summed E-state index contributed by atoms with van der Waals surface area (Å²) in [6.07, 6.45) is 3.78. The van der Waals surface area contributed by atoms with Crippen molar-refractivity contribution >= 4 is 11.0 Å². The van der Waals surface area contributed by atoms with E-state index in [1.165, 1.54) is 6.07 Å². The van der Waals surface area contributed by atoms with Crippen LogP contribution in [-0.2, 0) is 0 Å². The summed E-state index contributed by atoms with van der Waals surface area (Å²) in [6.45, 7) is 1.99. The summed E-state index contributed by atoms with van der Waals surface area (Å²) >= 11 is 0. The van der Waals surface area contributed by atoms with E-state index in [0.29, 0.717) is 11.5 Å². The van der Waals surface area contributed by atoms with Gasteiger partial charge in [0.2, 0.25) is 0 Å². The molecule has 0 spiro atoms. The topological polar surface area (TPSA) is 38.1 Å². The summed E-state index contributed by atoms with van der Waals surface area (Å²) in [5.74, 6) is 0.177. The van der Waals surface area contributed by atoms with Gasteiger partial charge in [-0.15, -0.1) is 0 Å². The Labute approximate surface area is 92.6 Å². The number of rotatable bonds is 1. The first-order chi connectivity index (χ1) is 7.84. The normalized spacial score (nSPS) is 18.1. The van der Waals surface area contributed by atoms with Gasteiger partial charge in [-0.1, -0.05) is 5.16 Å². The number of fused-ring (bicyclic) bond motifs is 1. The van der Waals surface area contributed by atoms with Gasteiger partial charge in [0, 0.05) is 11.5 Å². The molecule has 0 aliphatic carbocycles. The molecular weight excluding hydrogens is 207 g/mol. The van der Waals surface area contributed by atoms with Gasteiger partial charge in [0.1, 0.15) is 5.82 Å². The highest BCUT2D eigenvalue weighted by molar-refractivity contribution is 5.80. The molecule has 0 radical (unpaired) electrons. The van der Waals surface area contributed by atoms with Gasteiger partial charge in [-0.25, -0.2) is 4.39 Å². The Morgan fingerprint density at radius 1 is 1.31 bits per heavy atom. The van der Waals surface area contributed by atoms with E-state index in [1.807, 2.05) is 0 Å². The summed E-state index contributed by atoms with van der Waals surface area (Å²) in [5, 5.41) is 8.00. The van der Waals surface area contributed by atoms with E-state index in [1.54, 1.807) is 12.3 Å². The van der Waals surface area contributed by atoms with Crippen molar-refractivity contribution in [3.8, 4) is 0 Å². The minimum absolute atomic E-state index is 0.238. The first-order valence-electron chi connectivity index (χ1n) is 5.59. The van der Waals surface area contributed by atoms with E-state index in [-0.39, 0.29) is 5.82 Å². The zero-order valence-electron chi connectivity index (χ0n) is 8.87. The van der Waals surface area contributed by atoms with Crippen LogP contribution in [0.15, 0.2) is 22.9 Å². The number of hydrogen-bond acceptors (Lipinski definition) is 3. The van der Waals surface area contributed by atoms with Crippen molar-refractivity contribution in [3.63, 3.8) is 0 Å². The van der Waals surface area contributed by atoms with Gasteiger partial charge in [-0.3, -0.25) is 0 Å². The standard InChI is InChI=1S/C12H13FN2O/c13-9-5-10(8-1-3-14-4-2-8)11-7-15-16-12(11)6-9/h5-8,14H,1-4H2. The molecule has 0 atom stereocenters. The molecule has 3 rings (SSSR count). The molecule has 84 valence electrons. The van der Waals surface area contributed by atoms with Crippen LogP contribution in [-0.4, -0.2) is 18.2 Å². The van der Waals surface area contributed by atoms with Crippen molar-refractivity contribution < 1.29 is 8.91 Å². The third-order valence-corrected chi connectivity index (χ3v) is 3.25. The number of halogens is 1.